The fourth-order valence-corrected chi connectivity index (χ4v) is 3.19. The van der Waals surface area contributed by atoms with Gasteiger partial charge >= 0.3 is 0 Å². The Morgan fingerprint density at radius 1 is 1.32 bits per heavy atom. The van der Waals surface area contributed by atoms with E-state index in [-0.39, 0.29) is 17.9 Å². The van der Waals surface area contributed by atoms with E-state index in [1.54, 1.807) is 6.07 Å². The molecule has 0 unspecified atom stereocenters. The van der Waals surface area contributed by atoms with E-state index >= 15 is 0 Å². The van der Waals surface area contributed by atoms with Crippen molar-refractivity contribution in [3.63, 3.8) is 0 Å². The first-order chi connectivity index (χ1) is 12.0. The van der Waals surface area contributed by atoms with Gasteiger partial charge in [0.05, 0.1) is 0 Å². The van der Waals surface area contributed by atoms with Gasteiger partial charge in [0, 0.05) is 37.7 Å². The Bertz CT molecular complexity index is 715. The van der Waals surface area contributed by atoms with Crippen LogP contribution in [0.5, 0.6) is 0 Å². The summed E-state index contributed by atoms with van der Waals surface area (Å²) < 4.78 is 5.21. The minimum atomic E-state index is -0.131. The van der Waals surface area contributed by atoms with Crippen molar-refractivity contribution in [3.05, 3.63) is 52.9 Å². The Morgan fingerprint density at radius 2 is 2.04 bits per heavy atom. The lowest BCUT2D eigenvalue weighted by Gasteiger charge is -2.32. The summed E-state index contributed by atoms with van der Waals surface area (Å²) in [5.74, 6) is 0.852. The second-order valence-corrected chi connectivity index (χ2v) is 7.22. The summed E-state index contributed by atoms with van der Waals surface area (Å²) in [6, 6.07) is 10.5. The maximum atomic E-state index is 12.3. The Balaban J connectivity index is 1.49. The van der Waals surface area contributed by atoms with Crippen LogP contribution in [0.2, 0.25) is 0 Å². The first kappa shape index (κ1) is 17.7. The molecule has 0 atom stereocenters. The largest absolute Gasteiger partial charge is 0.360 e. The van der Waals surface area contributed by atoms with E-state index < -0.39 is 0 Å². The zero-order valence-corrected chi connectivity index (χ0v) is 15.3. The van der Waals surface area contributed by atoms with Crippen LogP contribution in [-0.2, 0) is 6.54 Å². The van der Waals surface area contributed by atoms with Crippen molar-refractivity contribution < 1.29 is 9.32 Å². The van der Waals surface area contributed by atoms with Gasteiger partial charge in [0.15, 0.2) is 5.69 Å². The molecular formula is C20H27N3O2. The lowest BCUT2D eigenvalue weighted by molar-refractivity contribution is 0.0899. The zero-order valence-electron chi connectivity index (χ0n) is 15.3. The molecule has 1 aromatic heterocycles. The summed E-state index contributed by atoms with van der Waals surface area (Å²) in [7, 11) is 0. The average molecular weight is 341 g/mol. The van der Waals surface area contributed by atoms with Crippen LogP contribution in [0.1, 0.15) is 60.0 Å². The van der Waals surface area contributed by atoms with Crippen molar-refractivity contribution in [3.8, 4) is 0 Å². The average Bonchev–Trinajstić information content (AvgIpc) is 3.09. The molecule has 1 aliphatic heterocycles. The minimum absolute atomic E-state index is 0.131. The summed E-state index contributed by atoms with van der Waals surface area (Å²) in [5.41, 5.74) is 3.10. The third-order valence-electron chi connectivity index (χ3n) is 4.91. The lowest BCUT2D eigenvalue weighted by Crippen LogP contribution is -2.44. The summed E-state index contributed by atoms with van der Waals surface area (Å²) in [6.07, 6.45) is 1.93. The molecule has 134 valence electrons. The van der Waals surface area contributed by atoms with Crippen LogP contribution in [0.3, 0.4) is 0 Å². The number of aryl methyl sites for hydroxylation is 1. The summed E-state index contributed by atoms with van der Waals surface area (Å²) in [4.78, 5) is 14.8. The standard InChI is InChI=1S/C20H27N3O2/c1-14(2)19-12-18(22-25-19)20(24)21-17-8-10-23(11-9-17)13-16-7-5-4-6-15(16)3/h4-7,12,14,17H,8-11,13H2,1-3H3,(H,21,24). The Labute approximate surface area is 149 Å². The number of hydrogen-bond acceptors (Lipinski definition) is 4. The van der Waals surface area contributed by atoms with E-state index in [1.807, 2.05) is 13.8 Å². The smallest absolute Gasteiger partial charge is 0.273 e. The second-order valence-electron chi connectivity index (χ2n) is 7.22. The van der Waals surface area contributed by atoms with Gasteiger partial charge in [-0.1, -0.05) is 43.3 Å². The number of piperidine rings is 1. The van der Waals surface area contributed by atoms with Crippen molar-refractivity contribution in [1.82, 2.24) is 15.4 Å². The highest BCUT2D eigenvalue weighted by atomic mass is 16.5. The predicted octanol–water partition coefficient (Wildman–Crippen LogP) is 3.50. The van der Waals surface area contributed by atoms with Gasteiger partial charge in [-0.25, -0.2) is 0 Å². The van der Waals surface area contributed by atoms with Gasteiger partial charge in [-0.15, -0.1) is 0 Å². The monoisotopic (exact) mass is 341 g/mol. The number of hydrogen-bond donors (Lipinski definition) is 1. The van der Waals surface area contributed by atoms with Crippen LogP contribution in [0.4, 0.5) is 0 Å². The molecule has 1 amide bonds. The molecule has 0 bridgehead atoms. The van der Waals surface area contributed by atoms with E-state index in [0.29, 0.717) is 5.69 Å². The van der Waals surface area contributed by atoms with Crippen LogP contribution in [0.25, 0.3) is 0 Å². The first-order valence-electron chi connectivity index (χ1n) is 9.07. The van der Waals surface area contributed by atoms with Crippen LogP contribution < -0.4 is 5.32 Å². The van der Waals surface area contributed by atoms with Crippen molar-refractivity contribution >= 4 is 5.91 Å². The zero-order chi connectivity index (χ0) is 17.8. The van der Waals surface area contributed by atoms with Crippen LogP contribution in [0.15, 0.2) is 34.9 Å². The second kappa shape index (κ2) is 7.83. The third kappa shape index (κ3) is 4.48. The van der Waals surface area contributed by atoms with E-state index in [2.05, 4.69) is 46.6 Å². The topological polar surface area (TPSA) is 58.4 Å². The van der Waals surface area contributed by atoms with Gasteiger partial charge in [-0.3, -0.25) is 9.69 Å². The van der Waals surface area contributed by atoms with Crippen LogP contribution in [-0.4, -0.2) is 35.1 Å². The Hall–Kier alpha value is -2.14. The molecule has 2 aromatic rings. The number of carbonyl (C=O) groups excluding carboxylic acids is 1. The number of aromatic nitrogens is 1. The van der Waals surface area contributed by atoms with Gasteiger partial charge in [0.2, 0.25) is 0 Å². The van der Waals surface area contributed by atoms with Crippen molar-refractivity contribution in [2.45, 2.75) is 52.1 Å². The quantitative estimate of drug-likeness (QED) is 0.904. The molecule has 1 aromatic carbocycles. The molecule has 0 saturated carbocycles. The molecule has 0 spiro atoms. The van der Waals surface area contributed by atoms with Crippen molar-refractivity contribution in [2.75, 3.05) is 13.1 Å². The number of nitrogens with zero attached hydrogens (tertiary/aromatic N) is 2. The molecule has 0 radical (unpaired) electrons. The molecule has 1 fully saturated rings. The molecule has 1 aliphatic rings. The molecule has 5 heteroatoms. The molecule has 5 nitrogen and oxygen atoms in total. The number of carbonyl (C=O) groups is 1. The van der Waals surface area contributed by atoms with E-state index in [0.717, 1.165) is 38.2 Å². The summed E-state index contributed by atoms with van der Waals surface area (Å²) in [5, 5.41) is 6.98. The Kier molecular flexibility index (Phi) is 5.53. The van der Waals surface area contributed by atoms with Gasteiger partial charge in [-0.05, 0) is 30.9 Å². The molecule has 0 aliphatic carbocycles. The Morgan fingerprint density at radius 3 is 2.68 bits per heavy atom. The fraction of sp³-hybridized carbons (Fsp3) is 0.500. The first-order valence-corrected chi connectivity index (χ1v) is 9.07. The highest BCUT2D eigenvalue weighted by Crippen LogP contribution is 2.18. The third-order valence-corrected chi connectivity index (χ3v) is 4.91. The molecular weight excluding hydrogens is 314 g/mol. The maximum absolute atomic E-state index is 12.3. The number of rotatable bonds is 5. The SMILES string of the molecule is Cc1ccccc1CN1CCC(NC(=O)c2cc(C(C)C)on2)CC1. The summed E-state index contributed by atoms with van der Waals surface area (Å²) in [6.45, 7) is 9.17. The van der Waals surface area contributed by atoms with E-state index in [9.17, 15) is 4.79 Å². The fourth-order valence-electron chi connectivity index (χ4n) is 3.19. The van der Waals surface area contributed by atoms with Gasteiger partial charge in [0.25, 0.3) is 5.91 Å². The highest BCUT2D eigenvalue weighted by Gasteiger charge is 2.23. The molecule has 25 heavy (non-hydrogen) atoms. The molecule has 1 N–H and O–H groups in total. The van der Waals surface area contributed by atoms with Gasteiger partial charge in [0.1, 0.15) is 5.76 Å². The molecule has 2 heterocycles. The van der Waals surface area contributed by atoms with Crippen LogP contribution >= 0.6 is 0 Å². The van der Waals surface area contributed by atoms with Crippen LogP contribution in [0, 0.1) is 6.92 Å². The molecule has 3 rings (SSSR count). The minimum Gasteiger partial charge on any atom is -0.360 e. The number of amides is 1. The highest BCUT2D eigenvalue weighted by molar-refractivity contribution is 5.92. The van der Waals surface area contributed by atoms with Gasteiger partial charge in [-0.2, -0.15) is 0 Å². The number of nitrogens with one attached hydrogen (secondary N) is 1. The van der Waals surface area contributed by atoms with Crippen molar-refractivity contribution in [2.24, 2.45) is 0 Å². The lowest BCUT2D eigenvalue weighted by atomic mass is 10.0. The molecule has 1 saturated heterocycles. The number of likely N-dealkylation sites (tertiary alicyclic amines) is 1. The maximum Gasteiger partial charge on any atom is 0.273 e. The number of benzene rings is 1. The van der Waals surface area contributed by atoms with E-state index in [4.69, 9.17) is 4.52 Å². The van der Waals surface area contributed by atoms with E-state index in [1.165, 1.54) is 11.1 Å². The normalized spacial score (nSPS) is 16.3. The van der Waals surface area contributed by atoms with Crippen molar-refractivity contribution in [1.29, 1.82) is 0 Å². The summed E-state index contributed by atoms with van der Waals surface area (Å²) >= 11 is 0. The van der Waals surface area contributed by atoms with Gasteiger partial charge < -0.3 is 9.84 Å². The predicted molar refractivity (Wildman–Crippen MR) is 97.5 cm³/mol.